The number of para-hydroxylation sites is 4. The van der Waals surface area contributed by atoms with Crippen LogP contribution in [0.25, 0.3) is 76.2 Å². The Morgan fingerprint density at radius 2 is 0.641 bits per heavy atom. The van der Waals surface area contributed by atoms with Crippen LogP contribution in [0.1, 0.15) is 44.5 Å². The Morgan fingerprint density at radius 1 is 0.297 bits per heavy atom. The van der Waals surface area contributed by atoms with Crippen LogP contribution in [-0.2, 0) is 0 Å². The maximum Gasteiger partial charge on any atom is 0.159 e. The van der Waals surface area contributed by atoms with Crippen molar-refractivity contribution in [3.63, 3.8) is 0 Å². The highest BCUT2D eigenvalue weighted by molar-refractivity contribution is 6.29. The van der Waals surface area contributed by atoms with Gasteiger partial charge in [-0.05, 0) is 170 Å². The largest absolute Gasteiger partial charge is 0.454 e. The van der Waals surface area contributed by atoms with E-state index in [-0.39, 0.29) is 0 Å². The molecule has 0 amide bonds. The summed E-state index contributed by atoms with van der Waals surface area (Å²) in [5.74, 6) is 0. The summed E-state index contributed by atoms with van der Waals surface area (Å²) in [6.45, 7) is 17.6. The van der Waals surface area contributed by atoms with Gasteiger partial charge >= 0.3 is 0 Å². The topological polar surface area (TPSA) is 32.8 Å². The second-order valence-corrected chi connectivity index (χ2v) is 18.1. The van der Waals surface area contributed by atoms with Crippen LogP contribution in [0.4, 0.5) is 34.1 Å². The van der Waals surface area contributed by atoms with Gasteiger partial charge in [-0.2, -0.15) is 0 Å². The third kappa shape index (κ3) is 5.48. The highest BCUT2D eigenvalue weighted by Crippen LogP contribution is 2.51. The van der Waals surface area contributed by atoms with Gasteiger partial charge in [0.2, 0.25) is 0 Å². The minimum atomic E-state index is 0.880. The summed E-state index contributed by atoms with van der Waals surface area (Å²) in [6.07, 6.45) is 0. The third-order valence-corrected chi connectivity index (χ3v) is 14.3. The highest BCUT2D eigenvalue weighted by Gasteiger charge is 2.26. The van der Waals surface area contributed by atoms with Crippen molar-refractivity contribution in [3.05, 3.63) is 190 Å². The quantitative estimate of drug-likeness (QED) is 0.156. The molecule has 4 heteroatoms. The number of hydrogen-bond donors (Lipinski definition) is 0. The van der Waals surface area contributed by atoms with E-state index in [2.05, 4.69) is 211 Å². The third-order valence-electron chi connectivity index (χ3n) is 14.3. The van der Waals surface area contributed by atoms with Crippen LogP contribution in [0.3, 0.4) is 0 Å². The highest BCUT2D eigenvalue weighted by atomic mass is 16.3. The maximum absolute atomic E-state index is 6.90. The number of rotatable bonds is 6. The van der Waals surface area contributed by atoms with Gasteiger partial charge in [0.05, 0.1) is 22.7 Å². The molecule has 0 atom stereocenters. The van der Waals surface area contributed by atoms with E-state index in [1.54, 1.807) is 0 Å². The summed E-state index contributed by atoms with van der Waals surface area (Å²) < 4.78 is 13.8. The second kappa shape index (κ2) is 14.0. The number of furan rings is 2. The number of benzene rings is 10. The molecule has 0 fully saturated rings. The molecule has 2 heterocycles. The van der Waals surface area contributed by atoms with Gasteiger partial charge in [0.1, 0.15) is 11.2 Å². The van der Waals surface area contributed by atoms with Crippen LogP contribution in [0.15, 0.2) is 154 Å². The van der Waals surface area contributed by atoms with Gasteiger partial charge in [-0.25, -0.2) is 0 Å². The summed E-state index contributed by atoms with van der Waals surface area (Å²) in [4.78, 5) is 4.86. The van der Waals surface area contributed by atoms with Gasteiger partial charge in [0.15, 0.2) is 11.2 Å². The molecule has 0 aliphatic carbocycles. The lowest BCUT2D eigenvalue weighted by Gasteiger charge is -2.30. The van der Waals surface area contributed by atoms with Crippen molar-refractivity contribution >= 4 is 110 Å². The minimum absolute atomic E-state index is 0.880. The molecule has 0 bridgehead atoms. The van der Waals surface area contributed by atoms with E-state index in [0.29, 0.717) is 0 Å². The van der Waals surface area contributed by atoms with Crippen LogP contribution in [0, 0.1) is 55.4 Å². The van der Waals surface area contributed by atoms with E-state index in [1.165, 1.54) is 65.7 Å². The number of anilines is 6. The van der Waals surface area contributed by atoms with Gasteiger partial charge in [-0.3, -0.25) is 0 Å². The van der Waals surface area contributed by atoms with E-state index in [0.717, 1.165) is 89.1 Å². The van der Waals surface area contributed by atoms with E-state index >= 15 is 0 Å². The van der Waals surface area contributed by atoms with Crippen molar-refractivity contribution in [1.29, 1.82) is 0 Å². The molecule has 2 aromatic heterocycles. The SMILES string of the molecule is Cc1cc(N(c2ccc3ccc4c(N(c5cc(C)c(C)c(C)c5)c5cccc6c5oc5c(C)cccc56)ccc5ccc2c3c54)c2cccc3c2oc2c(C)cccc23)cc(C)c1C. The first kappa shape index (κ1) is 38.1. The van der Waals surface area contributed by atoms with Crippen molar-refractivity contribution in [2.45, 2.75) is 55.4 Å². The second-order valence-electron chi connectivity index (χ2n) is 18.1. The fraction of sp³-hybridized carbons (Fsp3) is 0.133. The zero-order chi connectivity index (χ0) is 43.7. The molecular weight excluding hydrogens is 781 g/mol. The number of hydrogen-bond acceptors (Lipinski definition) is 4. The van der Waals surface area contributed by atoms with Crippen LogP contribution in [0.2, 0.25) is 0 Å². The molecule has 12 aromatic rings. The first-order chi connectivity index (χ1) is 31.0. The fourth-order valence-electron chi connectivity index (χ4n) is 10.5. The summed E-state index contributed by atoms with van der Waals surface area (Å²) >= 11 is 0. The predicted molar refractivity (Wildman–Crippen MR) is 272 cm³/mol. The van der Waals surface area contributed by atoms with E-state index in [1.807, 2.05) is 0 Å². The predicted octanol–water partition coefficient (Wildman–Crippen LogP) is 17.8. The molecule has 310 valence electrons. The summed E-state index contributed by atoms with van der Waals surface area (Å²) in [5, 5.41) is 11.7. The van der Waals surface area contributed by atoms with Gasteiger partial charge < -0.3 is 18.6 Å². The Morgan fingerprint density at radius 3 is 1.03 bits per heavy atom. The Bertz CT molecular complexity index is 3600. The maximum atomic E-state index is 6.90. The van der Waals surface area contributed by atoms with Gasteiger partial charge in [-0.1, -0.05) is 97.1 Å². The molecular formula is C60H48N2O2. The standard InChI is InChI=1S/C60H48N2O2/c1-33-13-9-15-45-47-17-11-19-53(59(47)63-57(33)45)61(43-29-35(3)39(7)36(4)30-43)51-27-23-41-22-26-50-52(28-24-42-21-25-49(51)55(41)56(42)50)62(44-31-37(5)40(8)38(6)32-44)54-20-12-18-48-46-16-10-14-34(2)58(46)64-60(48)54/h9-32H,1-8H3. The van der Waals surface area contributed by atoms with Gasteiger partial charge in [0, 0.05) is 43.7 Å². The first-order valence-electron chi connectivity index (χ1n) is 22.3. The van der Waals surface area contributed by atoms with Gasteiger partial charge in [0.25, 0.3) is 0 Å². The van der Waals surface area contributed by atoms with Crippen LogP contribution < -0.4 is 9.80 Å². The number of aryl methyl sites for hydroxylation is 6. The molecule has 12 rings (SSSR count). The number of fused-ring (bicyclic) bond motifs is 6. The Kier molecular flexibility index (Phi) is 8.33. The Labute approximate surface area is 372 Å². The molecule has 0 spiro atoms. The average Bonchev–Trinajstić information content (AvgIpc) is 3.89. The van der Waals surface area contributed by atoms with Crippen molar-refractivity contribution in [2.75, 3.05) is 9.80 Å². The molecule has 0 radical (unpaired) electrons. The zero-order valence-corrected chi connectivity index (χ0v) is 37.6. The summed E-state index contributed by atoms with van der Waals surface area (Å²) in [7, 11) is 0. The molecule has 0 unspecified atom stereocenters. The zero-order valence-electron chi connectivity index (χ0n) is 37.6. The Balaban J connectivity index is 1.15. The molecule has 0 N–H and O–H groups in total. The van der Waals surface area contributed by atoms with Crippen LogP contribution in [0.5, 0.6) is 0 Å². The van der Waals surface area contributed by atoms with E-state index < -0.39 is 0 Å². The van der Waals surface area contributed by atoms with Crippen molar-refractivity contribution < 1.29 is 8.83 Å². The molecule has 64 heavy (non-hydrogen) atoms. The normalized spacial score (nSPS) is 12.1. The van der Waals surface area contributed by atoms with Crippen LogP contribution >= 0.6 is 0 Å². The lowest BCUT2D eigenvalue weighted by Crippen LogP contribution is -2.13. The minimum Gasteiger partial charge on any atom is -0.454 e. The molecule has 10 aromatic carbocycles. The lowest BCUT2D eigenvalue weighted by atomic mass is 9.91. The first-order valence-corrected chi connectivity index (χ1v) is 22.3. The van der Waals surface area contributed by atoms with Gasteiger partial charge in [-0.15, -0.1) is 0 Å². The van der Waals surface area contributed by atoms with E-state index in [4.69, 9.17) is 8.83 Å². The van der Waals surface area contributed by atoms with Crippen molar-refractivity contribution in [1.82, 2.24) is 0 Å². The summed E-state index contributed by atoms with van der Waals surface area (Å²) in [6, 6.07) is 53.8. The molecule has 0 saturated heterocycles. The number of nitrogens with zero attached hydrogens (tertiary/aromatic N) is 2. The molecule has 0 aliphatic heterocycles. The smallest absolute Gasteiger partial charge is 0.159 e. The fourth-order valence-corrected chi connectivity index (χ4v) is 10.5. The molecule has 0 saturated carbocycles. The van der Waals surface area contributed by atoms with Crippen LogP contribution in [-0.4, -0.2) is 0 Å². The monoisotopic (exact) mass is 828 g/mol. The summed E-state index contributed by atoms with van der Waals surface area (Å²) in [5.41, 5.74) is 19.9. The average molecular weight is 829 g/mol. The van der Waals surface area contributed by atoms with Crippen molar-refractivity contribution in [3.8, 4) is 0 Å². The van der Waals surface area contributed by atoms with E-state index in [9.17, 15) is 0 Å². The molecule has 0 aliphatic rings. The molecule has 4 nitrogen and oxygen atoms in total. The lowest BCUT2D eigenvalue weighted by molar-refractivity contribution is 0.665. The Hall–Kier alpha value is -7.56. The van der Waals surface area contributed by atoms with Crippen molar-refractivity contribution in [2.24, 2.45) is 0 Å².